The molecule has 0 unspecified atom stereocenters. The van der Waals surface area contributed by atoms with Crippen molar-refractivity contribution in [2.45, 2.75) is 23.8 Å². The van der Waals surface area contributed by atoms with Gasteiger partial charge < -0.3 is 9.47 Å². The lowest BCUT2D eigenvalue weighted by atomic mass is 10.1. The second-order valence-electron chi connectivity index (χ2n) is 5.75. The molecule has 2 aliphatic rings. The zero-order chi connectivity index (χ0) is 18.2. The minimum Gasteiger partial charge on any atom is -0.495 e. The van der Waals surface area contributed by atoms with Gasteiger partial charge in [-0.15, -0.1) is 0 Å². The van der Waals surface area contributed by atoms with Gasteiger partial charge >= 0.3 is 6.09 Å². The fourth-order valence-electron chi connectivity index (χ4n) is 3.01. The van der Waals surface area contributed by atoms with E-state index in [0.29, 0.717) is 18.6 Å². The van der Waals surface area contributed by atoms with Crippen molar-refractivity contribution in [3.63, 3.8) is 0 Å². The van der Waals surface area contributed by atoms with E-state index in [1.54, 1.807) is 0 Å². The first-order valence-electron chi connectivity index (χ1n) is 7.67. The third kappa shape index (κ3) is 3.31. The number of halogens is 1. The van der Waals surface area contributed by atoms with E-state index in [-0.39, 0.29) is 41.6 Å². The topological polar surface area (TPSA) is 93.2 Å². The van der Waals surface area contributed by atoms with Crippen LogP contribution in [-0.4, -0.2) is 62.5 Å². The van der Waals surface area contributed by atoms with Crippen LogP contribution in [0.4, 0.5) is 4.79 Å². The lowest BCUT2D eigenvalue weighted by Gasteiger charge is -2.34. The molecule has 2 heterocycles. The molecule has 0 aromatic heterocycles. The van der Waals surface area contributed by atoms with Crippen molar-refractivity contribution < 1.29 is 27.5 Å². The maximum absolute atomic E-state index is 12.7. The third-order valence-corrected chi connectivity index (χ3v) is 6.52. The predicted molar refractivity (Wildman–Crippen MR) is 88.0 cm³/mol. The minimum absolute atomic E-state index is 0.0772. The molecule has 2 saturated heterocycles. The highest BCUT2D eigenvalue weighted by molar-refractivity contribution is 7.89. The Hall–Kier alpha value is -1.84. The highest BCUT2D eigenvalue weighted by Crippen LogP contribution is 2.30. The molecule has 136 valence electrons. The van der Waals surface area contributed by atoms with Gasteiger partial charge in [-0.25, -0.2) is 18.1 Å². The van der Waals surface area contributed by atoms with E-state index < -0.39 is 16.1 Å². The molecule has 0 spiro atoms. The molecule has 0 N–H and O–H groups in total. The summed E-state index contributed by atoms with van der Waals surface area (Å²) in [6.07, 6.45) is 0.0710. The van der Waals surface area contributed by atoms with Gasteiger partial charge in [0.15, 0.2) is 6.61 Å². The molecule has 1 aromatic rings. The van der Waals surface area contributed by atoms with E-state index in [2.05, 4.69) is 0 Å². The van der Waals surface area contributed by atoms with Crippen LogP contribution in [0.2, 0.25) is 5.02 Å². The van der Waals surface area contributed by atoms with Crippen LogP contribution in [0.3, 0.4) is 0 Å². The van der Waals surface area contributed by atoms with Gasteiger partial charge in [0.05, 0.1) is 17.0 Å². The smallest absolute Gasteiger partial charge is 0.417 e. The second kappa shape index (κ2) is 6.81. The number of hydrogen-bond donors (Lipinski definition) is 0. The Kier molecular flexibility index (Phi) is 4.90. The number of methoxy groups -OCH3 is 1. The summed E-state index contributed by atoms with van der Waals surface area (Å²) in [5.74, 6) is 0.0126. The molecule has 0 atom stereocenters. The number of carbonyl (C=O) groups is 2. The monoisotopic (exact) mass is 388 g/mol. The van der Waals surface area contributed by atoms with Crippen LogP contribution < -0.4 is 4.74 Å². The lowest BCUT2D eigenvalue weighted by Crippen LogP contribution is -2.48. The van der Waals surface area contributed by atoms with E-state index >= 15 is 0 Å². The van der Waals surface area contributed by atoms with E-state index in [1.807, 2.05) is 0 Å². The van der Waals surface area contributed by atoms with Gasteiger partial charge in [0.1, 0.15) is 5.75 Å². The first kappa shape index (κ1) is 18.0. The highest BCUT2D eigenvalue weighted by atomic mass is 35.5. The first-order chi connectivity index (χ1) is 11.8. The van der Waals surface area contributed by atoms with Crippen molar-refractivity contribution in [1.29, 1.82) is 0 Å². The number of benzene rings is 1. The summed E-state index contributed by atoms with van der Waals surface area (Å²) in [5.41, 5.74) is 0. The number of ether oxygens (including phenoxy) is 2. The van der Waals surface area contributed by atoms with Crippen LogP contribution in [0.5, 0.6) is 5.75 Å². The summed E-state index contributed by atoms with van der Waals surface area (Å²) in [5, 5.41) is 0.212. The Morgan fingerprint density at radius 2 is 1.92 bits per heavy atom. The average molecular weight is 389 g/mol. The quantitative estimate of drug-likeness (QED) is 0.775. The molecule has 1 aromatic carbocycles. The van der Waals surface area contributed by atoms with Crippen LogP contribution in [-0.2, 0) is 19.6 Å². The third-order valence-electron chi connectivity index (χ3n) is 4.33. The molecule has 0 saturated carbocycles. The first-order valence-corrected chi connectivity index (χ1v) is 9.49. The van der Waals surface area contributed by atoms with Gasteiger partial charge in [-0.2, -0.15) is 4.31 Å². The van der Waals surface area contributed by atoms with Crippen LogP contribution in [0.25, 0.3) is 0 Å². The number of nitrogens with zero attached hydrogens (tertiary/aromatic N) is 2. The molecular formula is C15H17ClN2O6S. The van der Waals surface area contributed by atoms with Crippen molar-refractivity contribution in [2.24, 2.45) is 0 Å². The van der Waals surface area contributed by atoms with Crippen LogP contribution in [0.1, 0.15) is 12.8 Å². The Bertz CT molecular complexity index is 788. The summed E-state index contributed by atoms with van der Waals surface area (Å²) in [7, 11) is -2.26. The summed E-state index contributed by atoms with van der Waals surface area (Å²) in [4.78, 5) is 24.5. The van der Waals surface area contributed by atoms with Crippen molar-refractivity contribution >= 4 is 33.6 Å². The van der Waals surface area contributed by atoms with Crippen LogP contribution in [0, 0.1) is 0 Å². The zero-order valence-electron chi connectivity index (χ0n) is 13.5. The van der Waals surface area contributed by atoms with Gasteiger partial charge in [0.2, 0.25) is 10.0 Å². The van der Waals surface area contributed by atoms with Crippen molar-refractivity contribution in [3.05, 3.63) is 23.2 Å². The molecule has 3 rings (SSSR count). The number of cyclic esters (lactones) is 1. The number of hydrogen-bond acceptors (Lipinski definition) is 6. The largest absolute Gasteiger partial charge is 0.495 e. The highest BCUT2D eigenvalue weighted by Gasteiger charge is 2.40. The minimum atomic E-state index is -3.71. The fourth-order valence-corrected chi connectivity index (χ4v) is 4.83. The maximum atomic E-state index is 12.7. The van der Waals surface area contributed by atoms with Gasteiger partial charge in [-0.3, -0.25) is 4.79 Å². The Morgan fingerprint density at radius 1 is 1.24 bits per heavy atom. The molecule has 10 heteroatoms. The SMILES string of the molecule is COc1ccc(S(=O)(=O)N2CCC(N3C(=O)COC3=O)CC2)cc1Cl. The van der Waals surface area contributed by atoms with Crippen molar-refractivity contribution in [1.82, 2.24) is 9.21 Å². The van der Waals surface area contributed by atoms with E-state index in [0.717, 1.165) is 4.90 Å². The van der Waals surface area contributed by atoms with Gasteiger partial charge in [-0.05, 0) is 31.0 Å². The molecular weight excluding hydrogens is 372 g/mol. The van der Waals surface area contributed by atoms with Crippen LogP contribution in [0.15, 0.2) is 23.1 Å². The molecule has 2 amide bonds. The lowest BCUT2D eigenvalue weighted by molar-refractivity contribution is -0.127. The number of piperidine rings is 1. The predicted octanol–water partition coefficient (Wildman–Crippen LogP) is 1.48. The molecule has 0 radical (unpaired) electrons. The van der Waals surface area contributed by atoms with Crippen molar-refractivity contribution in [2.75, 3.05) is 26.8 Å². The second-order valence-corrected chi connectivity index (χ2v) is 8.10. The molecule has 2 aliphatic heterocycles. The van der Waals surface area contributed by atoms with E-state index in [1.165, 1.54) is 29.6 Å². The van der Waals surface area contributed by atoms with Gasteiger partial charge in [0, 0.05) is 19.1 Å². The van der Waals surface area contributed by atoms with Crippen molar-refractivity contribution in [3.8, 4) is 5.75 Å². The Morgan fingerprint density at radius 3 is 2.44 bits per heavy atom. The van der Waals surface area contributed by atoms with Gasteiger partial charge in [0.25, 0.3) is 5.91 Å². The van der Waals surface area contributed by atoms with Crippen LogP contribution >= 0.6 is 11.6 Å². The molecule has 0 aliphatic carbocycles. The maximum Gasteiger partial charge on any atom is 0.417 e. The molecule has 25 heavy (non-hydrogen) atoms. The average Bonchev–Trinajstić information content (AvgIpc) is 2.93. The normalized spacial score (nSPS) is 20.0. The van der Waals surface area contributed by atoms with Gasteiger partial charge in [-0.1, -0.05) is 11.6 Å². The number of amides is 2. The summed E-state index contributed by atoms with van der Waals surface area (Å²) in [6.45, 7) is 0.156. The fraction of sp³-hybridized carbons (Fsp3) is 0.467. The number of imide groups is 1. The Labute approximate surface area is 150 Å². The number of rotatable bonds is 4. The summed E-state index contributed by atoms with van der Waals surface area (Å²) < 4.78 is 36.6. The summed E-state index contributed by atoms with van der Waals surface area (Å²) in [6, 6.07) is 3.95. The van der Waals surface area contributed by atoms with E-state index in [4.69, 9.17) is 21.1 Å². The number of sulfonamides is 1. The zero-order valence-corrected chi connectivity index (χ0v) is 15.0. The van der Waals surface area contributed by atoms with E-state index in [9.17, 15) is 18.0 Å². The molecule has 2 fully saturated rings. The Balaban J connectivity index is 1.72. The standard InChI is InChI=1S/C15H17ClN2O6S/c1-23-13-3-2-11(8-12(13)16)25(21,22)17-6-4-10(5-7-17)18-14(19)9-24-15(18)20/h2-3,8,10H,4-7,9H2,1H3. The summed E-state index contributed by atoms with van der Waals surface area (Å²) >= 11 is 6.01. The number of carbonyl (C=O) groups excluding carboxylic acids is 2. The molecule has 8 nitrogen and oxygen atoms in total. The molecule has 0 bridgehead atoms.